The largest absolute Gasteiger partial charge is 0.497 e. The first-order valence-electron chi connectivity index (χ1n) is 11.1. The molecule has 4 rings (SSSR count). The van der Waals surface area contributed by atoms with Crippen molar-refractivity contribution in [2.75, 3.05) is 7.11 Å². The molecule has 0 amide bonds. The van der Waals surface area contributed by atoms with Crippen molar-refractivity contribution in [2.45, 2.75) is 38.4 Å². The van der Waals surface area contributed by atoms with Crippen LogP contribution in [0.3, 0.4) is 0 Å². The van der Waals surface area contributed by atoms with Gasteiger partial charge >= 0.3 is 5.97 Å². The van der Waals surface area contributed by atoms with Gasteiger partial charge in [-0.25, -0.2) is 4.79 Å². The molecule has 3 atom stereocenters. The van der Waals surface area contributed by atoms with Crippen molar-refractivity contribution >= 4 is 28.1 Å². The Morgan fingerprint density at radius 3 is 2.11 bits per heavy atom. The van der Waals surface area contributed by atoms with Gasteiger partial charge in [0.2, 0.25) is 0 Å². The number of esters is 1. The molecule has 0 aromatic heterocycles. The van der Waals surface area contributed by atoms with E-state index < -0.39 is 39.4 Å². The van der Waals surface area contributed by atoms with Crippen LogP contribution in [-0.2, 0) is 4.74 Å². The number of nitro groups is 2. The summed E-state index contributed by atoms with van der Waals surface area (Å²) in [4.78, 5) is 33.7. The second-order valence-electron chi connectivity index (χ2n) is 8.65. The molecule has 0 saturated heterocycles. The zero-order valence-electron chi connectivity index (χ0n) is 19.2. The van der Waals surface area contributed by atoms with Gasteiger partial charge in [0.15, 0.2) is 0 Å². The second kappa shape index (κ2) is 9.96. The summed E-state index contributed by atoms with van der Waals surface area (Å²) in [5.41, 5.74) is -1.36. The maximum absolute atomic E-state index is 12.9. The van der Waals surface area contributed by atoms with Crippen molar-refractivity contribution in [2.24, 2.45) is 5.92 Å². The van der Waals surface area contributed by atoms with Crippen molar-refractivity contribution in [3.05, 3.63) is 80.4 Å². The number of nitrogens with zero attached hydrogens (tertiary/aromatic N) is 2. The van der Waals surface area contributed by atoms with E-state index in [0.29, 0.717) is 18.6 Å². The van der Waals surface area contributed by atoms with E-state index in [9.17, 15) is 25.0 Å². The molecule has 0 unspecified atom stereocenters. The van der Waals surface area contributed by atoms with Gasteiger partial charge in [-0.15, -0.1) is 0 Å². The van der Waals surface area contributed by atoms with Crippen LogP contribution in [0.5, 0.6) is 11.5 Å². The maximum atomic E-state index is 12.9. The molecule has 0 heterocycles. The summed E-state index contributed by atoms with van der Waals surface area (Å²) in [6, 6.07) is 14.1. The Morgan fingerprint density at radius 1 is 0.857 bits per heavy atom. The summed E-state index contributed by atoms with van der Waals surface area (Å²) in [7, 11) is 1.60. The van der Waals surface area contributed by atoms with Gasteiger partial charge in [-0.1, -0.05) is 19.1 Å². The lowest BCUT2D eigenvalue weighted by molar-refractivity contribution is -0.394. The number of fused-ring (bicyclic) bond motifs is 1. The van der Waals surface area contributed by atoms with Gasteiger partial charge in [-0.05, 0) is 60.2 Å². The normalized spacial score (nSPS) is 19.7. The Kier molecular flexibility index (Phi) is 6.81. The van der Waals surface area contributed by atoms with E-state index in [1.165, 1.54) is 0 Å². The van der Waals surface area contributed by atoms with Crippen LogP contribution in [0.4, 0.5) is 11.4 Å². The highest BCUT2D eigenvalue weighted by atomic mass is 16.6. The summed E-state index contributed by atoms with van der Waals surface area (Å²) in [6.45, 7) is 2.04. The molecule has 182 valence electrons. The van der Waals surface area contributed by atoms with Gasteiger partial charge in [0.25, 0.3) is 11.4 Å². The van der Waals surface area contributed by atoms with E-state index in [2.05, 4.69) is 0 Å². The molecule has 1 aliphatic carbocycles. The molecule has 0 aliphatic heterocycles. The lowest BCUT2D eigenvalue weighted by Crippen LogP contribution is -2.40. The van der Waals surface area contributed by atoms with Crippen molar-refractivity contribution in [3.8, 4) is 11.5 Å². The van der Waals surface area contributed by atoms with E-state index >= 15 is 0 Å². The average molecular weight is 480 g/mol. The first kappa shape index (κ1) is 23.9. The summed E-state index contributed by atoms with van der Waals surface area (Å²) < 4.78 is 17.2. The van der Waals surface area contributed by atoms with E-state index in [1.807, 2.05) is 43.3 Å². The fourth-order valence-electron chi connectivity index (χ4n) is 4.27. The van der Waals surface area contributed by atoms with E-state index in [4.69, 9.17) is 14.2 Å². The molecule has 3 aromatic carbocycles. The molecule has 0 radical (unpaired) electrons. The van der Waals surface area contributed by atoms with Crippen molar-refractivity contribution in [1.82, 2.24) is 0 Å². The zero-order chi connectivity index (χ0) is 25.1. The predicted molar refractivity (Wildman–Crippen MR) is 127 cm³/mol. The van der Waals surface area contributed by atoms with Crippen molar-refractivity contribution < 1.29 is 28.9 Å². The summed E-state index contributed by atoms with van der Waals surface area (Å²) in [5, 5.41) is 24.3. The van der Waals surface area contributed by atoms with Gasteiger partial charge in [-0.3, -0.25) is 20.2 Å². The van der Waals surface area contributed by atoms with Gasteiger partial charge in [0.1, 0.15) is 23.7 Å². The predicted octanol–water partition coefficient (Wildman–Crippen LogP) is 5.46. The average Bonchev–Trinajstić information content (AvgIpc) is 2.84. The van der Waals surface area contributed by atoms with Gasteiger partial charge in [0.05, 0.1) is 28.6 Å². The summed E-state index contributed by atoms with van der Waals surface area (Å²) in [5.74, 6) is 0.733. The van der Waals surface area contributed by atoms with Crippen LogP contribution >= 0.6 is 0 Å². The number of hydrogen-bond acceptors (Lipinski definition) is 8. The Balaban J connectivity index is 1.56. The van der Waals surface area contributed by atoms with E-state index in [-0.39, 0.29) is 11.5 Å². The zero-order valence-corrected chi connectivity index (χ0v) is 19.2. The third-order valence-electron chi connectivity index (χ3n) is 6.12. The van der Waals surface area contributed by atoms with Crippen molar-refractivity contribution in [3.63, 3.8) is 0 Å². The fourth-order valence-corrected chi connectivity index (χ4v) is 4.27. The molecule has 3 aromatic rings. The SMILES string of the molecule is COc1ccc2ccc(O[C@@H]3CC[C@H](C)C[C@H]3OC(=O)c3cc([N+](=O)[O-])cc([N+](=O)[O-])c3)cc2c1. The minimum Gasteiger partial charge on any atom is -0.497 e. The quantitative estimate of drug-likeness (QED) is 0.247. The number of hydrogen-bond donors (Lipinski definition) is 0. The molecule has 0 bridgehead atoms. The topological polar surface area (TPSA) is 131 Å². The number of benzene rings is 3. The number of ether oxygens (including phenoxy) is 3. The van der Waals surface area contributed by atoms with Crippen molar-refractivity contribution in [1.29, 1.82) is 0 Å². The van der Waals surface area contributed by atoms with Crippen LogP contribution in [0, 0.1) is 26.1 Å². The molecule has 1 fully saturated rings. The molecular formula is C25H24N2O8. The Labute approximate surface area is 200 Å². The molecule has 35 heavy (non-hydrogen) atoms. The molecular weight excluding hydrogens is 456 g/mol. The number of rotatable bonds is 7. The number of carbonyl (C=O) groups is 1. The Bertz CT molecular complexity index is 1260. The smallest absolute Gasteiger partial charge is 0.339 e. The minimum atomic E-state index is -0.868. The third kappa shape index (κ3) is 5.48. The van der Waals surface area contributed by atoms with Gasteiger partial charge in [0, 0.05) is 12.1 Å². The van der Waals surface area contributed by atoms with Crippen LogP contribution in [0.15, 0.2) is 54.6 Å². The highest BCUT2D eigenvalue weighted by Gasteiger charge is 2.34. The molecule has 10 heteroatoms. The highest BCUT2D eigenvalue weighted by molar-refractivity contribution is 5.91. The van der Waals surface area contributed by atoms with Crippen LogP contribution < -0.4 is 9.47 Å². The lowest BCUT2D eigenvalue weighted by Gasteiger charge is -2.34. The molecule has 10 nitrogen and oxygen atoms in total. The summed E-state index contributed by atoms with van der Waals surface area (Å²) in [6.07, 6.45) is 0.999. The molecule has 1 aliphatic rings. The van der Waals surface area contributed by atoms with Gasteiger partial charge in [-0.2, -0.15) is 0 Å². The van der Waals surface area contributed by atoms with Crippen LogP contribution in [0.1, 0.15) is 36.5 Å². The van der Waals surface area contributed by atoms with Crippen LogP contribution in [-0.4, -0.2) is 35.1 Å². The number of non-ortho nitro benzene ring substituents is 2. The molecule has 0 N–H and O–H groups in total. The number of methoxy groups -OCH3 is 1. The lowest BCUT2D eigenvalue weighted by atomic mass is 9.86. The molecule has 1 saturated carbocycles. The standard InChI is InChI=1S/C25H24N2O8/c1-15-3-8-23(34-22-7-5-16-4-6-21(33-2)12-17(16)13-22)24(9-15)35-25(28)18-10-19(26(29)30)14-20(11-18)27(31)32/h4-7,10-15,23-24H,3,8-9H2,1-2H3/t15-,23+,24+/m0/s1. The monoisotopic (exact) mass is 480 g/mol. The van der Waals surface area contributed by atoms with Gasteiger partial charge < -0.3 is 14.2 Å². The highest BCUT2D eigenvalue weighted by Crippen LogP contribution is 2.33. The number of carbonyl (C=O) groups excluding carboxylic acids is 1. The molecule has 0 spiro atoms. The first-order chi connectivity index (χ1) is 16.7. The van der Waals surface area contributed by atoms with Crippen LogP contribution in [0.2, 0.25) is 0 Å². The second-order valence-corrected chi connectivity index (χ2v) is 8.65. The fraction of sp³-hybridized carbons (Fsp3) is 0.320. The minimum absolute atomic E-state index is 0.249. The Morgan fingerprint density at radius 2 is 1.49 bits per heavy atom. The summed E-state index contributed by atoms with van der Waals surface area (Å²) >= 11 is 0. The number of nitro benzene ring substituents is 2. The van der Waals surface area contributed by atoms with Crippen LogP contribution in [0.25, 0.3) is 10.8 Å². The van der Waals surface area contributed by atoms with E-state index in [0.717, 1.165) is 41.1 Å². The first-order valence-corrected chi connectivity index (χ1v) is 11.1. The third-order valence-corrected chi connectivity index (χ3v) is 6.12. The maximum Gasteiger partial charge on any atom is 0.339 e. The van der Waals surface area contributed by atoms with E-state index in [1.54, 1.807) is 7.11 Å². The Hall–Kier alpha value is -4.21.